The van der Waals surface area contributed by atoms with Crippen LogP contribution in [0, 0.1) is 5.92 Å². The van der Waals surface area contributed by atoms with Gasteiger partial charge in [0.1, 0.15) is 0 Å². The van der Waals surface area contributed by atoms with Gasteiger partial charge < -0.3 is 15.0 Å². The topological polar surface area (TPSA) is 41.6 Å². The summed E-state index contributed by atoms with van der Waals surface area (Å²) in [4.78, 5) is 14.0. The Hall–Kier alpha value is -1.81. The second-order valence-electron chi connectivity index (χ2n) is 5.91. The summed E-state index contributed by atoms with van der Waals surface area (Å²) in [6, 6.07) is 10.2. The Balaban J connectivity index is 1.90. The van der Waals surface area contributed by atoms with Gasteiger partial charge in [-0.05, 0) is 25.8 Å². The molecule has 1 aliphatic heterocycles. The molecule has 0 spiro atoms. The summed E-state index contributed by atoms with van der Waals surface area (Å²) in [7, 11) is 0. The molecule has 1 N–H and O–H groups in total. The summed E-state index contributed by atoms with van der Waals surface area (Å²) in [5.41, 5.74) is 2.18. The van der Waals surface area contributed by atoms with Crippen molar-refractivity contribution < 1.29 is 9.53 Å². The molecule has 1 fully saturated rings. The number of urea groups is 1. The summed E-state index contributed by atoms with van der Waals surface area (Å²) in [6.45, 7) is 10.5. The standard InChI is InChI=1S/C18H26N2O2/c1-4-20(13-14(2)3)18(21)19-12-16-10-11-22-17(16)15-8-6-5-7-9-15/h5-9,16-17H,2,4,10-13H2,1,3H3,(H,19,21)/t16-,17-/m0/s1. The molecule has 0 aliphatic carbocycles. The number of nitrogens with one attached hydrogen (secondary N) is 1. The average molecular weight is 302 g/mol. The zero-order valence-electron chi connectivity index (χ0n) is 13.5. The van der Waals surface area contributed by atoms with Crippen molar-refractivity contribution in [2.75, 3.05) is 26.2 Å². The van der Waals surface area contributed by atoms with Gasteiger partial charge in [0.25, 0.3) is 0 Å². The SMILES string of the molecule is C=C(C)CN(CC)C(=O)NC[C@@H]1CCO[C@H]1c1ccccc1. The van der Waals surface area contributed by atoms with Crippen molar-refractivity contribution in [2.45, 2.75) is 26.4 Å². The molecular formula is C18H26N2O2. The van der Waals surface area contributed by atoms with E-state index in [1.54, 1.807) is 4.90 Å². The average Bonchev–Trinajstić information content (AvgIpc) is 2.99. The molecule has 0 radical (unpaired) electrons. The maximum Gasteiger partial charge on any atom is 0.317 e. The van der Waals surface area contributed by atoms with Crippen molar-refractivity contribution in [3.8, 4) is 0 Å². The number of hydrogen-bond acceptors (Lipinski definition) is 2. The van der Waals surface area contributed by atoms with E-state index >= 15 is 0 Å². The minimum absolute atomic E-state index is 0.0239. The van der Waals surface area contributed by atoms with E-state index in [1.165, 1.54) is 5.56 Å². The molecule has 0 saturated carbocycles. The molecule has 1 aromatic carbocycles. The number of benzene rings is 1. The van der Waals surface area contributed by atoms with E-state index in [-0.39, 0.29) is 12.1 Å². The van der Waals surface area contributed by atoms with Crippen LogP contribution in [0.2, 0.25) is 0 Å². The minimum Gasteiger partial charge on any atom is -0.373 e. The van der Waals surface area contributed by atoms with Crippen molar-refractivity contribution in [1.82, 2.24) is 10.2 Å². The van der Waals surface area contributed by atoms with Gasteiger partial charge in [-0.2, -0.15) is 0 Å². The number of nitrogens with zero attached hydrogens (tertiary/aromatic N) is 1. The van der Waals surface area contributed by atoms with Crippen molar-refractivity contribution >= 4 is 6.03 Å². The zero-order valence-corrected chi connectivity index (χ0v) is 13.5. The van der Waals surface area contributed by atoms with Crippen LogP contribution < -0.4 is 5.32 Å². The van der Waals surface area contributed by atoms with E-state index in [4.69, 9.17) is 4.74 Å². The van der Waals surface area contributed by atoms with Gasteiger partial charge in [-0.25, -0.2) is 4.79 Å². The number of ether oxygens (including phenoxy) is 1. The molecule has 4 heteroatoms. The van der Waals surface area contributed by atoms with Crippen molar-refractivity contribution in [2.24, 2.45) is 5.92 Å². The Morgan fingerprint density at radius 2 is 2.14 bits per heavy atom. The van der Waals surface area contributed by atoms with Crippen molar-refractivity contribution in [3.05, 3.63) is 48.0 Å². The lowest BCUT2D eigenvalue weighted by Gasteiger charge is -2.24. The lowest BCUT2D eigenvalue weighted by Crippen LogP contribution is -2.42. The van der Waals surface area contributed by atoms with Crippen LogP contribution in [-0.4, -0.2) is 37.2 Å². The predicted molar refractivity (Wildman–Crippen MR) is 88.7 cm³/mol. The van der Waals surface area contributed by atoms with Crippen LogP contribution in [0.1, 0.15) is 31.9 Å². The van der Waals surface area contributed by atoms with E-state index in [1.807, 2.05) is 32.0 Å². The molecule has 4 nitrogen and oxygen atoms in total. The Labute approximate surface area is 133 Å². The van der Waals surface area contributed by atoms with Gasteiger partial charge >= 0.3 is 6.03 Å². The van der Waals surface area contributed by atoms with E-state index in [0.29, 0.717) is 25.6 Å². The van der Waals surface area contributed by atoms with Gasteiger partial charge in [-0.15, -0.1) is 0 Å². The van der Waals surface area contributed by atoms with Gasteiger partial charge in [-0.1, -0.05) is 42.5 Å². The molecule has 2 atom stereocenters. The molecule has 120 valence electrons. The Morgan fingerprint density at radius 1 is 1.41 bits per heavy atom. The molecule has 0 bridgehead atoms. The molecule has 1 aromatic rings. The second-order valence-corrected chi connectivity index (χ2v) is 5.91. The molecule has 1 aliphatic rings. The molecule has 22 heavy (non-hydrogen) atoms. The normalized spacial score (nSPS) is 20.6. The first kappa shape index (κ1) is 16.6. The summed E-state index contributed by atoms with van der Waals surface area (Å²) in [5, 5.41) is 3.05. The fraction of sp³-hybridized carbons (Fsp3) is 0.500. The Kier molecular flexibility index (Phi) is 6.01. The molecule has 2 rings (SSSR count). The van der Waals surface area contributed by atoms with Crippen LogP contribution in [0.4, 0.5) is 4.79 Å². The Morgan fingerprint density at radius 3 is 2.77 bits per heavy atom. The van der Waals surface area contributed by atoms with Gasteiger partial charge in [-0.3, -0.25) is 0 Å². The minimum atomic E-state index is -0.0239. The first-order valence-corrected chi connectivity index (χ1v) is 7.95. The first-order valence-electron chi connectivity index (χ1n) is 7.95. The quantitative estimate of drug-likeness (QED) is 0.819. The van der Waals surface area contributed by atoms with Gasteiger partial charge in [0.05, 0.1) is 6.10 Å². The van der Waals surface area contributed by atoms with Crippen molar-refractivity contribution in [3.63, 3.8) is 0 Å². The van der Waals surface area contributed by atoms with E-state index in [9.17, 15) is 4.79 Å². The zero-order chi connectivity index (χ0) is 15.9. The first-order chi connectivity index (χ1) is 10.6. The molecule has 0 aromatic heterocycles. The number of carbonyl (C=O) groups is 1. The lowest BCUT2D eigenvalue weighted by atomic mass is 9.95. The number of rotatable bonds is 6. The van der Waals surface area contributed by atoms with Crippen LogP contribution in [0.15, 0.2) is 42.5 Å². The molecule has 2 amide bonds. The maximum atomic E-state index is 12.2. The highest BCUT2D eigenvalue weighted by Gasteiger charge is 2.30. The molecule has 1 saturated heterocycles. The molecule has 1 heterocycles. The van der Waals surface area contributed by atoms with Gasteiger partial charge in [0, 0.05) is 32.2 Å². The lowest BCUT2D eigenvalue weighted by molar-refractivity contribution is 0.0905. The largest absolute Gasteiger partial charge is 0.373 e. The monoisotopic (exact) mass is 302 g/mol. The highest BCUT2D eigenvalue weighted by molar-refractivity contribution is 5.74. The smallest absolute Gasteiger partial charge is 0.317 e. The van der Waals surface area contributed by atoms with Gasteiger partial charge in [0.2, 0.25) is 0 Å². The van der Waals surface area contributed by atoms with E-state index < -0.39 is 0 Å². The van der Waals surface area contributed by atoms with Crippen LogP contribution in [0.3, 0.4) is 0 Å². The van der Waals surface area contributed by atoms with Crippen LogP contribution in [0.25, 0.3) is 0 Å². The van der Waals surface area contributed by atoms with E-state index in [2.05, 4.69) is 24.0 Å². The highest BCUT2D eigenvalue weighted by Crippen LogP contribution is 2.33. The van der Waals surface area contributed by atoms with E-state index in [0.717, 1.165) is 18.6 Å². The second kappa shape index (κ2) is 7.99. The number of likely N-dealkylation sites (N-methyl/N-ethyl adjacent to an activating group) is 1. The maximum absolute atomic E-state index is 12.2. The third-order valence-electron chi connectivity index (χ3n) is 3.99. The van der Waals surface area contributed by atoms with Crippen molar-refractivity contribution in [1.29, 1.82) is 0 Å². The van der Waals surface area contributed by atoms with Crippen LogP contribution >= 0.6 is 0 Å². The molecular weight excluding hydrogens is 276 g/mol. The summed E-state index contributed by atoms with van der Waals surface area (Å²) >= 11 is 0. The number of amides is 2. The third-order valence-corrected chi connectivity index (χ3v) is 3.99. The summed E-state index contributed by atoms with van der Waals surface area (Å²) in [6.07, 6.45) is 1.06. The van der Waals surface area contributed by atoms with Crippen LogP contribution in [0.5, 0.6) is 0 Å². The third kappa shape index (κ3) is 4.34. The van der Waals surface area contributed by atoms with Crippen LogP contribution in [-0.2, 0) is 4.74 Å². The number of hydrogen-bond donors (Lipinski definition) is 1. The predicted octanol–water partition coefficient (Wildman–Crippen LogP) is 3.37. The molecule has 0 unspecified atom stereocenters. The number of carbonyl (C=O) groups excluding carboxylic acids is 1. The fourth-order valence-corrected chi connectivity index (χ4v) is 2.84. The Bertz CT molecular complexity index is 501. The highest BCUT2D eigenvalue weighted by atomic mass is 16.5. The van der Waals surface area contributed by atoms with Gasteiger partial charge in [0.15, 0.2) is 0 Å². The summed E-state index contributed by atoms with van der Waals surface area (Å²) < 4.78 is 5.86. The summed E-state index contributed by atoms with van der Waals surface area (Å²) in [5.74, 6) is 0.329. The fourth-order valence-electron chi connectivity index (χ4n) is 2.84.